The number of benzene rings is 2. The van der Waals surface area contributed by atoms with Gasteiger partial charge in [0.25, 0.3) is 0 Å². The van der Waals surface area contributed by atoms with E-state index in [1.165, 1.54) is 0 Å². The minimum absolute atomic E-state index is 0.323. The van der Waals surface area contributed by atoms with Crippen LogP contribution in [-0.4, -0.2) is 23.9 Å². The van der Waals surface area contributed by atoms with Crippen LogP contribution in [0.4, 0.5) is 0 Å². The molecule has 6 heteroatoms. The van der Waals surface area contributed by atoms with Crippen molar-refractivity contribution in [3.63, 3.8) is 0 Å². The van der Waals surface area contributed by atoms with Gasteiger partial charge in [-0.1, -0.05) is 56.3 Å². The highest BCUT2D eigenvalue weighted by atomic mass is 31.2. The van der Waals surface area contributed by atoms with Crippen molar-refractivity contribution in [2.75, 3.05) is 13.2 Å². The smallest absolute Gasteiger partial charge is 0.308 e. The Hall–Kier alpha value is -1.96. The molecule has 0 fully saturated rings. The van der Waals surface area contributed by atoms with Crippen LogP contribution in [0.1, 0.15) is 50.8 Å². The van der Waals surface area contributed by atoms with Gasteiger partial charge >= 0.3 is 7.60 Å². The van der Waals surface area contributed by atoms with Crippen molar-refractivity contribution in [1.29, 1.82) is 5.26 Å². The lowest BCUT2D eigenvalue weighted by atomic mass is 10.1. The van der Waals surface area contributed by atoms with Crippen molar-refractivity contribution in [3.05, 3.63) is 71.3 Å². The van der Waals surface area contributed by atoms with E-state index in [0.29, 0.717) is 44.2 Å². The Labute approximate surface area is 181 Å². The molecule has 1 atom stereocenters. The molecule has 5 nitrogen and oxygen atoms in total. The van der Waals surface area contributed by atoms with Crippen molar-refractivity contribution in [2.45, 2.75) is 53.0 Å². The van der Waals surface area contributed by atoms with Gasteiger partial charge in [0.15, 0.2) is 0 Å². The molecule has 0 aliphatic rings. The molecule has 0 radical (unpaired) electrons. The second kappa shape index (κ2) is 12.0. The van der Waals surface area contributed by atoms with Gasteiger partial charge in [-0.3, -0.25) is 9.46 Å². The molecule has 0 amide bonds. The van der Waals surface area contributed by atoms with Crippen molar-refractivity contribution < 1.29 is 13.6 Å². The molecule has 2 aromatic carbocycles. The van der Waals surface area contributed by atoms with Crippen LogP contribution in [0.5, 0.6) is 0 Å². The summed E-state index contributed by atoms with van der Waals surface area (Å²) >= 11 is 0. The molecule has 2 aromatic rings. The van der Waals surface area contributed by atoms with Gasteiger partial charge in [0.2, 0.25) is 0 Å². The molecular formula is C24H33N2O3P. The summed E-state index contributed by atoms with van der Waals surface area (Å²) in [5, 5.41) is 9.09. The SMILES string of the molecule is CCOP(=O)(OCC)C(CC(C)C)N(Cc1ccccc1)Cc1ccc(C#N)cc1. The number of hydrogen-bond donors (Lipinski definition) is 0. The summed E-state index contributed by atoms with van der Waals surface area (Å²) in [7, 11) is -3.36. The lowest BCUT2D eigenvalue weighted by Crippen LogP contribution is -2.36. The number of nitrogens with zero attached hydrogens (tertiary/aromatic N) is 2. The Balaban J connectivity index is 2.44. The second-order valence-corrected chi connectivity index (χ2v) is 9.88. The van der Waals surface area contributed by atoms with Crippen LogP contribution >= 0.6 is 7.60 Å². The minimum Gasteiger partial charge on any atom is -0.308 e. The first-order chi connectivity index (χ1) is 14.4. The fraction of sp³-hybridized carbons (Fsp3) is 0.458. The molecule has 30 heavy (non-hydrogen) atoms. The maximum atomic E-state index is 13.8. The first-order valence-electron chi connectivity index (χ1n) is 10.6. The highest BCUT2D eigenvalue weighted by Gasteiger charge is 2.40. The highest BCUT2D eigenvalue weighted by Crippen LogP contribution is 2.56. The average Bonchev–Trinajstić information content (AvgIpc) is 2.73. The fourth-order valence-corrected chi connectivity index (χ4v) is 5.85. The molecular weight excluding hydrogens is 395 g/mol. The molecule has 1 unspecified atom stereocenters. The number of nitriles is 1. The highest BCUT2D eigenvalue weighted by molar-refractivity contribution is 7.54. The van der Waals surface area contributed by atoms with Crippen LogP contribution in [0.15, 0.2) is 54.6 Å². The molecule has 0 saturated heterocycles. The van der Waals surface area contributed by atoms with Crippen molar-refractivity contribution in [2.24, 2.45) is 5.92 Å². The van der Waals surface area contributed by atoms with Crippen LogP contribution in [0, 0.1) is 17.2 Å². The summed E-state index contributed by atoms with van der Waals surface area (Å²) in [6.45, 7) is 9.82. The van der Waals surface area contributed by atoms with Gasteiger partial charge in [0, 0.05) is 13.1 Å². The zero-order valence-corrected chi connectivity index (χ0v) is 19.3. The van der Waals surface area contributed by atoms with Gasteiger partial charge in [-0.05, 0) is 49.4 Å². The number of rotatable bonds is 12. The third-order valence-electron chi connectivity index (χ3n) is 4.78. The minimum atomic E-state index is -3.36. The van der Waals surface area contributed by atoms with E-state index in [1.807, 2.05) is 56.3 Å². The monoisotopic (exact) mass is 428 g/mol. The van der Waals surface area contributed by atoms with Crippen molar-refractivity contribution >= 4 is 7.60 Å². The molecule has 0 N–H and O–H groups in total. The Kier molecular flexibility index (Phi) is 9.75. The van der Waals surface area contributed by atoms with Crippen LogP contribution in [0.3, 0.4) is 0 Å². The first kappa shape index (κ1) is 24.3. The Morgan fingerprint density at radius 3 is 1.93 bits per heavy atom. The summed E-state index contributed by atoms with van der Waals surface area (Å²) in [5.74, 6) is -0.0447. The molecule has 0 bridgehead atoms. The van der Waals surface area contributed by atoms with E-state index in [0.717, 1.165) is 11.1 Å². The van der Waals surface area contributed by atoms with Gasteiger partial charge < -0.3 is 9.05 Å². The van der Waals surface area contributed by atoms with Gasteiger partial charge in [-0.2, -0.15) is 5.26 Å². The van der Waals surface area contributed by atoms with E-state index in [4.69, 9.17) is 14.3 Å². The van der Waals surface area contributed by atoms with E-state index in [2.05, 4.69) is 36.9 Å². The quantitative estimate of drug-likeness (QED) is 0.377. The third-order valence-corrected chi connectivity index (χ3v) is 7.29. The molecule has 0 heterocycles. The maximum Gasteiger partial charge on any atom is 0.347 e. The second-order valence-electron chi connectivity index (χ2n) is 7.68. The van der Waals surface area contributed by atoms with Gasteiger partial charge in [0.1, 0.15) is 5.78 Å². The van der Waals surface area contributed by atoms with Crippen molar-refractivity contribution in [3.8, 4) is 6.07 Å². The van der Waals surface area contributed by atoms with E-state index < -0.39 is 7.60 Å². The third kappa shape index (κ3) is 7.07. The standard InChI is InChI=1S/C24H33N2O3P/c1-5-28-30(27,29-6-2)24(16-20(3)4)26(18-22-10-8-7-9-11-22)19-23-14-12-21(17-25)13-15-23/h7-15,20,24H,5-6,16,18-19H2,1-4H3. The van der Waals surface area contributed by atoms with Gasteiger partial charge in [0.05, 0.1) is 24.8 Å². The zero-order chi connectivity index (χ0) is 22.0. The van der Waals surface area contributed by atoms with Crippen molar-refractivity contribution in [1.82, 2.24) is 4.90 Å². The lowest BCUT2D eigenvalue weighted by molar-refractivity contribution is 0.142. The Morgan fingerprint density at radius 2 is 1.47 bits per heavy atom. The Morgan fingerprint density at radius 1 is 0.933 bits per heavy atom. The predicted molar refractivity (Wildman–Crippen MR) is 121 cm³/mol. The first-order valence-corrected chi connectivity index (χ1v) is 12.2. The van der Waals surface area contributed by atoms with E-state index in [-0.39, 0.29) is 5.78 Å². The average molecular weight is 429 g/mol. The molecule has 0 spiro atoms. The molecule has 0 aliphatic heterocycles. The fourth-order valence-electron chi connectivity index (χ4n) is 3.47. The lowest BCUT2D eigenvalue weighted by Gasteiger charge is -2.37. The van der Waals surface area contributed by atoms with E-state index in [9.17, 15) is 4.57 Å². The maximum absolute atomic E-state index is 13.8. The van der Waals surface area contributed by atoms with Crippen LogP contribution in [0.25, 0.3) is 0 Å². The molecule has 0 aromatic heterocycles. The largest absolute Gasteiger partial charge is 0.347 e. The number of hydrogen-bond acceptors (Lipinski definition) is 5. The van der Waals surface area contributed by atoms with Crippen LogP contribution in [0.2, 0.25) is 0 Å². The molecule has 0 saturated carbocycles. The summed E-state index contributed by atoms with van der Waals surface area (Å²) in [6.07, 6.45) is 0.695. The molecule has 2 rings (SSSR count). The summed E-state index contributed by atoms with van der Waals surface area (Å²) in [5.41, 5.74) is 2.82. The summed E-state index contributed by atoms with van der Waals surface area (Å²) < 4.78 is 25.4. The predicted octanol–water partition coefficient (Wildman–Crippen LogP) is 6.20. The normalized spacial score (nSPS) is 12.8. The molecule has 162 valence electrons. The zero-order valence-electron chi connectivity index (χ0n) is 18.5. The van der Waals surface area contributed by atoms with E-state index in [1.54, 1.807) is 0 Å². The summed E-state index contributed by atoms with van der Waals surface area (Å²) in [6, 6.07) is 19.9. The van der Waals surface area contributed by atoms with Crippen LogP contribution < -0.4 is 0 Å². The molecule has 0 aliphatic carbocycles. The van der Waals surface area contributed by atoms with Gasteiger partial charge in [-0.25, -0.2) is 0 Å². The topological polar surface area (TPSA) is 62.6 Å². The summed E-state index contributed by atoms with van der Waals surface area (Å²) in [4.78, 5) is 2.20. The van der Waals surface area contributed by atoms with Gasteiger partial charge in [-0.15, -0.1) is 0 Å². The van der Waals surface area contributed by atoms with Crippen LogP contribution in [-0.2, 0) is 26.7 Å². The Bertz CT molecular complexity index is 837. The van der Waals surface area contributed by atoms with E-state index >= 15 is 0 Å².